The Hall–Kier alpha value is -0.560. The zero-order chi connectivity index (χ0) is 7.84. The summed E-state index contributed by atoms with van der Waals surface area (Å²) in [4.78, 5) is 0. The maximum Gasteiger partial charge on any atom is 0.126 e. The molecule has 0 amide bonds. The number of benzene rings is 1. The number of hydrogen-bond acceptors (Lipinski definition) is 0. The Morgan fingerprint density at radius 1 is 1.36 bits per heavy atom. The van der Waals surface area contributed by atoms with Crippen LogP contribution in [0.25, 0.3) is 0 Å². The monoisotopic (exact) mass is 170 g/mol. The molecule has 1 fully saturated rings. The average molecular weight is 171 g/mol. The van der Waals surface area contributed by atoms with Crippen molar-refractivity contribution in [2.24, 2.45) is 0 Å². The van der Waals surface area contributed by atoms with E-state index in [1.165, 1.54) is 6.07 Å². The van der Waals surface area contributed by atoms with Gasteiger partial charge >= 0.3 is 0 Å². The molecule has 0 unspecified atom stereocenters. The zero-order valence-corrected chi connectivity index (χ0v) is 6.74. The molecule has 0 aliphatic heterocycles. The third-order valence-corrected chi connectivity index (χ3v) is 2.21. The summed E-state index contributed by atoms with van der Waals surface area (Å²) in [5.41, 5.74) is 0.789. The highest BCUT2D eigenvalue weighted by molar-refractivity contribution is 6.30. The van der Waals surface area contributed by atoms with E-state index in [0.29, 0.717) is 10.9 Å². The molecule has 0 aromatic heterocycles. The Morgan fingerprint density at radius 3 is 2.73 bits per heavy atom. The van der Waals surface area contributed by atoms with Crippen LogP contribution in [0.15, 0.2) is 18.2 Å². The minimum atomic E-state index is -0.114. The van der Waals surface area contributed by atoms with Crippen LogP contribution in [-0.4, -0.2) is 0 Å². The first kappa shape index (κ1) is 7.11. The van der Waals surface area contributed by atoms with Crippen LogP contribution in [0.2, 0.25) is 5.02 Å². The SMILES string of the molecule is Fc1ccc(Cl)cc1C1CC1. The van der Waals surface area contributed by atoms with Crippen LogP contribution in [-0.2, 0) is 0 Å². The Bertz CT molecular complexity index is 279. The van der Waals surface area contributed by atoms with Crippen molar-refractivity contribution in [1.82, 2.24) is 0 Å². The third-order valence-electron chi connectivity index (χ3n) is 1.98. The maximum absolute atomic E-state index is 13.0. The molecule has 1 aliphatic carbocycles. The second-order valence-corrected chi connectivity index (χ2v) is 3.38. The van der Waals surface area contributed by atoms with Crippen LogP contribution < -0.4 is 0 Å². The van der Waals surface area contributed by atoms with Gasteiger partial charge in [-0.3, -0.25) is 0 Å². The van der Waals surface area contributed by atoms with Gasteiger partial charge in [0, 0.05) is 5.02 Å². The fourth-order valence-electron chi connectivity index (χ4n) is 1.22. The standard InChI is InChI=1S/C9H8ClF/c10-7-3-4-9(11)8(5-7)6-1-2-6/h3-6H,1-2H2. The summed E-state index contributed by atoms with van der Waals surface area (Å²) >= 11 is 5.72. The van der Waals surface area contributed by atoms with Crippen molar-refractivity contribution in [3.63, 3.8) is 0 Å². The summed E-state index contributed by atoms with van der Waals surface area (Å²) in [6, 6.07) is 4.76. The molecule has 0 atom stereocenters. The van der Waals surface area contributed by atoms with Gasteiger partial charge in [-0.1, -0.05) is 11.6 Å². The van der Waals surface area contributed by atoms with E-state index < -0.39 is 0 Å². The first-order valence-corrected chi connectivity index (χ1v) is 4.10. The predicted octanol–water partition coefficient (Wildman–Crippen LogP) is 3.36. The molecule has 0 radical (unpaired) electrons. The van der Waals surface area contributed by atoms with Crippen molar-refractivity contribution in [2.45, 2.75) is 18.8 Å². The minimum absolute atomic E-state index is 0.114. The molecule has 2 rings (SSSR count). The lowest BCUT2D eigenvalue weighted by Gasteiger charge is -1.99. The zero-order valence-electron chi connectivity index (χ0n) is 5.98. The van der Waals surface area contributed by atoms with Gasteiger partial charge in [0.1, 0.15) is 5.82 Å². The van der Waals surface area contributed by atoms with Gasteiger partial charge in [0.05, 0.1) is 0 Å². The minimum Gasteiger partial charge on any atom is -0.207 e. The van der Waals surface area contributed by atoms with Crippen LogP contribution in [0.4, 0.5) is 4.39 Å². The van der Waals surface area contributed by atoms with Crippen LogP contribution in [0.5, 0.6) is 0 Å². The Labute approximate surface area is 70.0 Å². The van der Waals surface area contributed by atoms with Crippen molar-refractivity contribution in [3.8, 4) is 0 Å². The fourth-order valence-corrected chi connectivity index (χ4v) is 1.40. The lowest BCUT2D eigenvalue weighted by atomic mass is 10.1. The maximum atomic E-state index is 13.0. The van der Waals surface area contributed by atoms with Gasteiger partial charge in [0.25, 0.3) is 0 Å². The molecule has 1 saturated carbocycles. The first-order chi connectivity index (χ1) is 5.27. The van der Waals surface area contributed by atoms with E-state index in [1.54, 1.807) is 12.1 Å². The average Bonchev–Trinajstić information content (AvgIpc) is 2.76. The summed E-state index contributed by atoms with van der Waals surface area (Å²) in [5, 5.41) is 0.633. The largest absolute Gasteiger partial charge is 0.207 e. The second-order valence-electron chi connectivity index (χ2n) is 2.94. The molecular formula is C9H8ClF. The van der Waals surface area contributed by atoms with Crippen molar-refractivity contribution in [1.29, 1.82) is 0 Å². The molecule has 1 aliphatic rings. The molecule has 0 N–H and O–H groups in total. The van der Waals surface area contributed by atoms with Gasteiger partial charge in [-0.05, 0) is 42.5 Å². The van der Waals surface area contributed by atoms with Crippen LogP contribution in [0.3, 0.4) is 0 Å². The van der Waals surface area contributed by atoms with Crippen molar-refractivity contribution >= 4 is 11.6 Å². The van der Waals surface area contributed by atoms with Gasteiger partial charge in [0.15, 0.2) is 0 Å². The van der Waals surface area contributed by atoms with Crippen molar-refractivity contribution in [3.05, 3.63) is 34.6 Å². The van der Waals surface area contributed by atoms with Crippen molar-refractivity contribution in [2.75, 3.05) is 0 Å². The third kappa shape index (κ3) is 1.38. The summed E-state index contributed by atoms with van der Waals surface area (Å²) in [5.74, 6) is 0.325. The van der Waals surface area contributed by atoms with Crippen molar-refractivity contribution < 1.29 is 4.39 Å². The molecule has 0 spiro atoms. The summed E-state index contributed by atoms with van der Waals surface area (Å²) in [6.45, 7) is 0. The molecule has 0 bridgehead atoms. The molecule has 1 aromatic rings. The molecule has 58 valence electrons. The molecule has 0 saturated heterocycles. The first-order valence-electron chi connectivity index (χ1n) is 3.72. The number of rotatable bonds is 1. The van der Waals surface area contributed by atoms with E-state index in [2.05, 4.69) is 0 Å². The highest BCUT2D eigenvalue weighted by atomic mass is 35.5. The Morgan fingerprint density at radius 2 is 2.09 bits per heavy atom. The molecule has 1 aromatic carbocycles. The van der Waals surface area contributed by atoms with E-state index in [9.17, 15) is 4.39 Å². The Kier molecular flexibility index (Phi) is 1.61. The second kappa shape index (κ2) is 2.49. The van der Waals surface area contributed by atoms with E-state index >= 15 is 0 Å². The van der Waals surface area contributed by atoms with Crippen LogP contribution >= 0.6 is 11.6 Å². The predicted molar refractivity (Wildman–Crippen MR) is 43.4 cm³/mol. The Balaban J connectivity index is 2.42. The van der Waals surface area contributed by atoms with E-state index in [0.717, 1.165) is 18.4 Å². The van der Waals surface area contributed by atoms with Crippen LogP contribution in [0, 0.1) is 5.82 Å². The fraction of sp³-hybridized carbons (Fsp3) is 0.333. The van der Waals surface area contributed by atoms with Gasteiger partial charge in [-0.25, -0.2) is 4.39 Å². The van der Waals surface area contributed by atoms with E-state index in [-0.39, 0.29) is 5.82 Å². The topological polar surface area (TPSA) is 0 Å². The molecule has 0 heterocycles. The van der Waals surface area contributed by atoms with Gasteiger partial charge in [-0.2, -0.15) is 0 Å². The van der Waals surface area contributed by atoms with Crippen LogP contribution in [0.1, 0.15) is 24.3 Å². The molecular weight excluding hydrogens is 163 g/mol. The lowest BCUT2D eigenvalue weighted by Crippen LogP contribution is -1.85. The van der Waals surface area contributed by atoms with Gasteiger partial charge < -0.3 is 0 Å². The molecule has 2 heteroatoms. The number of halogens is 2. The quantitative estimate of drug-likeness (QED) is 0.607. The molecule has 0 nitrogen and oxygen atoms in total. The lowest BCUT2D eigenvalue weighted by molar-refractivity contribution is 0.611. The summed E-state index contributed by atoms with van der Waals surface area (Å²) in [7, 11) is 0. The van der Waals surface area contributed by atoms with E-state index in [4.69, 9.17) is 11.6 Å². The highest BCUT2D eigenvalue weighted by Crippen LogP contribution is 2.41. The normalized spacial score (nSPS) is 16.9. The van der Waals surface area contributed by atoms with E-state index in [1.807, 2.05) is 0 Å². The smallest absolute Gasteiger partial charge is 0.126 e. The van der Waals surface area contributed by atoms with Gasteiger partial charge in [0.2, 0.25) is 0 Å². The van der Waals surface area contributed by atoms with Gasteiger partial charge in [-0.15, -0.1) is 0 Å². The molecule has 11 heavy (non-hydrogen) atoms. The summed E-state index contributed by atoms with van der Waals surface area (Å²) < 4.78 is 13.0. The number of hydrogen-bond donors (Lipinski definition) is 0. The highest BCUT2D eigenvalue weighted by Gasteiger charge is 2.26. The summed E-state index contributed by atoms with van der Waals surface area (Å²) in [6.07, 6.45) is 2.22.